The van der Waals surface area contributed by atoms with Crippen molar-refractivity contribution in [2.24, 2.45) is 0 Å². The van der Waals surface area contributed by atoms with Crippen LogP contribution in [-0.4, -0.2) is 69.6 Å². The second kappa shape index (κ2) is 6.87. The molecule has 1 N–H and O–H groups in total. The maximum Gasteiger partial charge on any atom is 0.248 e. The molecular weight excluding hydrogens is 280 g/mol. The van der Waals surface area contributed by atoms with Gasteiger partial charge in [-0.1, -0.05) is 0 Å². The summed E-state index contributed by atoms with van der Waals surface area (Å²) in [5.74, 6) is 0.654. The van der Waals surface area contributed by atoms with Gasteiger partial charge in [0.05, 0.1) is 11.5 Å². The van der Waals surface area contributed by atoms with Crippen LogP contribution < -0.4 is 5.32 Å². The number of carbonyl (C=O) groups is 1. The highest BCUT2D eigenvalue weighted by Gasteiger charge is 2.28. The van der Waals surface area contributed by atoms with Crippen molar-refractivity contribution in [3.8, 4) is 0 Å². The van der Waals surface area contributed by atoms with Crippen LogP contribution in [0.4, 0.5) is 0 Å². The van der Waals surface area contributed by atoms with E-state index in [2.05, 4.69) is 5.32 Å². The second-order valence-corrected chi connectivity index (χ2v) is 7.98. The van der Waals surface area contributed by atoms with Crippen LogP contribution >= 0.6 is 0 Å². The van der Waals surface area contributed by atoms with Crippen LogP contribution in [0.5, 0.6) is 0 Å². The normalized spacial score (nSPS) is 24.8. The Balaban J connectivity index is 1.71. The van der Waals surface area contributed by atoms with Gasteiger partial charge in [-0.05, 0) is 25.7 Å². The molecule has 6 nitrogen and oxygen atoms in total. The molecule has 0 aromatic rings. The number of rotatable bonds is 4. The predicted octanol–water partition coefficient (Wildman–Crippen LogP) is -0.209. The van der Waals surface area contributed by atoms with E-state index >= 15 is 0 Å². The minimum atomic E-state index is -2.79. The molecule has 2 saturated heterocycles. The Labute approximate surface area is 120 Å². The van der Waals surface area contributed by atoms with Crippen LogP contribution in [0.15, 0.2) is 0 Å². The topological polar surface area (TPSA) is 75.7 Å². The van der Waals surface area contributed by atoms with Crippen LogP contribution in [-0.2, 0) is 19.4 Å². The molecule has 2 aliphatic rings. The fourth-order valence-electron chi connectivity index (χ4n) is 2.90. The van der Waals surface area contributed by atoms with E-state index in [0.29, 0.717) is 36.4 Å². The molecule has 0 atom stereocenters. The summed E-state index contributed by atoms with van der Waals surface area (Å²) in [7, 11) is -1.26. The Morgan fingerprint density at radius 2 is 1.70 bits per heavy atom. The van der Waals surface area contributed by atoms with Gasteiger partial charge in [-0.3, -0.25) is 4.79 Å². The fourth-order valence-corrected chi connectivity index (χ4v) is 4.39. The SMILES string of the molecule is COCC(=O)N1CCC(NC2CCS(=O)(=O)CC2)CC1. The summed E-state index contributed by atoms with van der Waals surface area (Å²) >= 11 is 0. The lowest BCUT2D eigenvalue weighted by molar-refractivity contribution is -0.136. The quantitative estimate of drug-likeness (QED) is 0.778. The Morgan fingerprint density at radius 3 is 2.25 bits per heavy atom. The van der Waals surface area contributed by atoms with Crippen molar-refractivity contribution in [2.75, 3.05) is 38.3 Å². The minimum Gasteiger partial charge on any atom is -0.375 e. The first-order valence-electron chi connectivity index (χ1n) is 7.23. The number of amides is 1. The average molecular weight is 304 g/mol. The standard InChI is InChI=1S/C13H24N2O4S/c1-19-10-13(16)15-6-2-11(3-7-15)14-12-4-8-20(17,18)9-5-12/h11-12,14H,2-10H2,1H3. The third kappa shape index (κ3) is 4.43. The van der Waals surface area contributed by atoms with Gasteiger partial charge in [-0.2, -0.15) is 0 Å². The number of ether oxygens (including phenoxy) is 1. The minimum absolute atomic E-state index is 0.0507. The zero-order valence-electron chi connectivity index (χ0n) is 12.0. The number of piperidine rings is 1. The number of hydrogen-bond acceptors (Lipinski definition) is 5. The van der Waals surface area contributed by atoms with Crippen LogP contribution in [0.1, 0.15) is 25.7 Å². The Bertz CT molecular complexity index is 416. The van der Waals surface area contributed by atoms with Gasteiger partial charge in [0.2, 0.25) is 5.91 Å². The summed E-state index contributed by atoms with van der Waals surface area (Å²) in [6.45, 7) is 1.66. The van der Waals surface area contributed by atoms with Crippen LogP contribution in [0.2, 0.25) is 0 Å². The van der Waals surface area contributed by atoms with Gasteiger partial charge in [0.15, 0.2) is 0 Å². The van der Waals surface area contributed by atoms with Crippen molar-refractivity contribution < 1.29 is 17.9 Å². The van der Waals surface area contributed by atoms with Crippen LogP contribution in [0, 0.1) is 0 Å². The predicted molar refractivity (Wildman–Crippen MR) is 76.3 cm³/mol. The lowest BCUT2D eigenvalue weighted by atomic mass is 10.0. The van der Waals surface area contributed by atoms with Crippen LogP contribution in [0.25, 0.3) is 0 Å². The third-order valence-corrected chi connectivity index (χ3v) is 5.86. The molecule has 0 bridgehead atoms. The summed E-state index contributed by atoms with van der Waals surface area (Å²) in [6, 6.07) is 0.706. The van der Waals surface area contributed by atoms with Gasteiger partial charge in [0.25, 0.3) is 0 Å². The van der Waals surface area contributed by atoms with Gasteiger partial charge in [0, 0.05) is 32.3 Å². The highest BCUT2D eigenvalue weighted by molar-refractivity contribution is 7.91. The average Bonchev–Trinajstić information content (AvgIpc) is 2.42. The summed E-state index contributed by atoms with van der Waals surface area (Å²) in [5, 5.41) is 3.55. The molecule has 0 aromatic carbocycles. The van der Waals surface area contributed by atoms with E-state index < -0.39 is 9.84 Å². The van der Waals surface area contributed by atoms with Gasteiger partial charge >= 0.3 is 0 Å². The first-order chi connectivity index (χ1) is 9.50. The first-order valence-corrected chi connectivity index (χ1v) is 9.05. The maximum absolute atomic E-state index is 11.7. The smallest absolute Gasteiger partial charge is 0.248 e. The molecule has 0 spiro atoms. The zero-order chi connectivity index (χ0) is 14.6. The van der Waals surface area contributed by atoms with Crippen molar-refractivity contribution in [3.63, 3.8) is 0 Å². The van der Waals surface area contributed by atoms with E-state index in [4.69, 9.17) is 4.74 Å². The molecule has 0 unspecified atom stereocenters. The third-order valence-electron chi connectivity index (χ3n) is 4.14. The van der Waals surface area contributed by atoms with Crippen molar-refractivity contribution in [3.05, 3.63) is 0 Å². The molecule has 0 aliphatic carbocycles. The Kier molecular flexibility index (Phi) is 5.40. The molecule has 2 heterocycles. The van der Waals surface area contributed by atoms with Crippen LogP contribution in [0.3, 0.4) is 0 Å². The molecule has 0 saturated carbocycles. The molecule has 20 heavy (non-hydrogen) atoms. The van der Waals surface area contributed by atoms with E-state index in [-0.39, 0.29) is 12.5 Å². The molecule has 2 aliphatic heterocycles. The number of nitrogens with one attached hydrogen (secondary N) is 1. The van der Waals surface area contributed by atoms with Crippen molar-refractivity contribution in [1.82, 2.24) is 10.2 Å². The lowest BCUT2D eigenvalue weighted by Gasteiger charge is -2.35. The van der Waals surface area contributed by atoms with Gasteiger partial charge in [0.1, 0.15) is 16.4 Å². The summed E-state index contributed by atoms with van der Waals surface area (Å²) in [6.07, 6.45) is 3.29. The number of sulfone groups is 1. The highest BCUT2D eigenvalue weighted by Crippen LogP contribution is 2.16. The summed E-state index contributed by atoms with van der Waals surface area (Å²) < 4.78 is 27.6. The van der Waals surface area contributed by atoms with Crippen molar-refractivity contribution in [1.29, 1.82) is 0 Å². The van der Waals surface area contributed by atoms with E-state index in [1.165, 1.54) is 7.11 Å². The number of hydrogen-bond donors (Lipinski definition) is 1. The van der Waals surface area contributed by atoms with E-state index in [0.717, 1.165) is 25.9 Å². The monoisotopic (exact) mass is 304 g/mol. The molecule has 7 heteroatoms. The van der Waals surface area contributed by atoms with Gasteiger partial charge in [-0.25, -0.2) is 8.42 Å². The molecule has 1 amide bonds. The zero-order valence-corrected chi connectivity index (χ0v) is 12.8. The molecule has 2 rings (SSSR count). The second-order valence-electron chi connectivity index (χ2n) is 5.68. The van der Waals surface area contributed by atoms with Crippen molar-refractivity contribution in [2.45, 2.75) is 37.8 Å². The lowest BCUT2D eigenvalue weighted by Crippen LogP contribution is -2.50. The number of carbonyl (C=O) groups excluding carboxylic acids is 1. The number of nitrogens with zero attached hydrogens (tertiary/aromatic N) is 1. The maximum atomic E-state index is 11.7. The summed E-state index contributed by atoms with van der Waals surface area (Å²) in [4.78, 5) is 13.5. The molecular formula is C13H24N2O4S. The molecule has 116 valence electrons. The first kappa shape index (κ1) is 15.7. The summed E-state index contributed by atoms with van der Waals surface area (Å²) in [5.41, 5.74) is 0. The fraction of sp³-hybridized carbons (Fsp3) is 0.923. The van der Waals surface area contributed by atoms with Gasteiger partial charge in [-0.15, -0.1) is 0 Å². The van der Waals surface area contributed by atoms with Crippen molar-refractivity contribution >= 4 is 15.7 Å². The van der Waals surface area contributed by atoms with E-state index in [9.17, 15) is 13.2 Å². The largest absolute Gasteiger partial charge is 0.375 e. The van der Waals surface area contributed by atoms with E-state index in [1.54, 1.807) is 0 Å². The molecule has 0 radical (unpaired) electrons. The molecule has 0 aromatic heterocycles. The Hall–Kier alpha value is -0.660. The molecule has 2 fully saturated rings. The highest BCUT2D eigenvalue weighted by atomic mass is 32.2. The number of methoxy groups -OCH3 is 1. The van der Waals surface area contributed by atoms with E-state index in [1.807, 2.05) is 4.90 Å². The Morgan fingerprint density at radius 1 is 1.15 bits per heavy atom. The van der Waals surface area contributed by atoms with Gasteiger partial charge < -0.3 is 15.0 Å². The number of likely N-dealkylation sites (tertiary alicyclic amines) is 1.